The predicted octanol–water partition coefficient (Wildman–Crippen LogP) is 0.645. The lowest BCUT2D eigenvalue weighted by atomic mass is 9.79. The molecule has 18 heavy (non-hydrogen) atoms. The van der Waals surface area contributed by atoms with Gasteiger partial charge in [-0.15, -0.1) is 0 Å². The van der Waals surface area contributed by atoms with E-state index in [-0.39, 0.29) is 5.91 Å². The van der Waals surface area contributed by atoms with E-state index in [0.717, 1.165) is 12.8 Å². The quantitative estimate of drug-likeness (QED) is 0.823. The molecular weight excluding hydrogens is 236 g/mol. The van der Waals surface area contributed by atoms with Crippen molar-refractivity contribution in [2.75, 3.05) is 5.32 Å². The summed E-state index contributed by atoms with van der Waals surface area (Å²) in [7, 11) is 1.66. The molecule has 1 aliphatic rings. The highest BCUT2D eigenvalue weighted by Gasteiger charge is 2.36. The molecule has 0 radical (unpaired) electrons. The van der Waals surface area contributed by atoms with E-state index in [0.29, 0.717) is 18.8 Å². The number of carbonyl (C=O) groups excluding carboxylic acids is 1. The van der Waals surface area contributed by atoms with E-state index in [9.17, 15) is 9.59 Å². The molecule has 1 saturated carbocycles. The van der Waals surface area contributed by atoms with E-state index >= 15 is 0 Å². The minimum absolute atomic E-state index is 0.279. The molecule has 0 aliphatic heterocycles. The number of aryl methyl sites for hydroxylation is 1. The van der Waals surface area contributed by atoms with Crippen LogP contribution in [0.5, 0.6) is 0 Å². The monoisotopic (exact) mass is 252 g/mol. The average Bonchev–Trinajstić information content (AvgIpc) is 2.75. The van der Waals surface area contributed by atoms with Gasteiger partial charge in [0.15, 0.2) is 0 Å². The zero-order valence-electron chi connectivity index (χ0n) is 10.2. The van der Waals surface area contributed by atoms with Gasteiger partial charge in [-0.05, 0) is 12.8 Å². The molecule has 0 spiro atoms. The number of carbonyl (C=O) groups is 2. The van der Waals surface area contributed by atoms with Gasteiger partial charge in [0.2, 0.25) is 11.9 Å². The molecule has 2 atom stereocenters. The molecule has 7 nitrogen and oxygen atoms in total. The number of carboxylic acids is 1. The maximum atomic E-state index is 12.1. The third kappa shape index (κ3) is 2.49. The van der Waals surface area contributed by atoms with Crippen molar-refractivity contribution in [1.82, 2.24) is 14.8 Å². The summed E-state index contributed by atoms with van der Waals surface area (Å²) in [6, 6.07) is 0. The largest absolute Gasteiger partial charge is 0.481 e. The van der Waals surface area contributed by atoms with Crippen LogP contribution in [0.2, 0.25) is 0 Å². The van der Waals surface area contributed by atoms with Crippen molar-refractivity contribution in [3.05, 3.63) is 6.33 Å². The van der Waals surface area contributed by atoms with Gasteiger partial charge in [0.25, 0.3) is 0 Å². The lowest BCUT2D eigenvalue weighted by molar-refractivity contribution is -0.147. The third-order valence-corrected chi connectivity index (χ3v) is 3.37. The summed E-state index contributed by atoms with van der Waals surface area (Å²) in [5.74, 6) is -1.90. The lowest BCUT2D eigenvalue weighted by Gasteiger charge is -2.27. The van der Waals surface area contributed by atoms with E-state index in [1.54, 1.807) is 7.05 Å². The maximum absolute atomic E-state index is 12.1. The van der Waals surface area contributed by atoms with Gasteiger partial charge in [0.05, 0.1) is 11.8 Å². The van der Waals surface area contributed by atoms with Gasteiger partial charge in [-0.2, -0.15) is 10.1 Å². The van der Waals surface area contributed by atoms with Crippen LogP contribution in [0.3, 0.4) is 0 Å². The SMILES string of the molecule is Cn1ncnc1NC(=O)C1CCCCC1C(=O)O. The normalized spacial score (nSPS) is 23.6. The van der Waals surface area contributed by atoms with Crippen LogP contribution in [0.1, 0.15) is 25.7 Å². The summed E-state index contributed by atoms with van der Waals surface area (Å²) in [4.78, 5) is 27.1. The van der Waals surface area contributed by atoms with Crippen molar-refractivity contribution in [3.63, 3.8) is 0 Å². The second-order valence-corrected chi connectivity index (χ2v) is 4.53. The van der Waals surface area contributed by atoms with Gasteiger partial charge in [-0.1, -0.05) is 12.8 Å². The number of anilines is 1. The molecule has 7 heteroatoms. The molecule has 0 saturated heterocycles. The first-order chi connectivity index (χ1) is 8.59. The van der Waals surface area contributed by atoms with Gasteiger partial charge in [0.1, 0.15) is 6.33 Å². The van der Waals surface area contributed by atoms with Crippen molar-refractivity contribution in [1.29, 1.82) is 0 Å². The molecule has 1 amide bonds. The minimum Gasteiger partial charge on any atom is -0.481 e. The first-order valence-electron chi connectivity index (χ1n) is 5.97. The van der Waals surface area contributed by atoms with Crippen molar-refractivity contribution >= 4 is 17.8 Å². The second-order valence-electron chi connectivity index (χ2n) is 4.53. The molecule has 2 rings (SSSR count). The summed E-state index contributed by atoms with van der Waals surface area (Å²) in [6.45, 7) is 0. The number of hydrogen-bond acceptors (Lipinski definition) is 4. The van der Waals surface area contributed by atoms with Crippen LogP contribution in [0.4, 0.5) is 5.95 Å². The zero-order chi connectivity index (χ0) is 13.1. The number of aromatic nitrogens is 3. The molecule has 1 fully saturated rings. The van der Waals surface area contributed by atoms with Crippen molar-refractivity contribution < 1.29 is 14.7 Å². The standard InChI is InChI=1S/C11H16N4O3/c1-15-11(12-6-13-15)14-9(16)7-4-2-3-5-8(7)10(17)18/h6-8H,2-5H2,1H3,(H,17,18)(H,12,13,14,16). The van der Waals surface area contributed by atoms with Crippen LogP contribution in [0, 0.1) is 11.8 Å². The fourth-order valence-corrected chi connectivity index (χ4v) is 2.35. The number of nitrogens with zero attached hydrogens (tertiary/aromatic N) is 3. The lowest BCUT2D eigenvalue weighted by Crippen LogP contribution is -2.36. The maximum Gasteiger partial charge on any atom is 0.307 e. The Kier molecular flexibility index (Phi) is 3.59. The molecule has 1 aliphatic carbocycles. The van der Waals surface area contributed by atoms with E-state index in [2.05, 4.69) is 15.4 Å². The van der Waals surface area contributed by atoms with E-state index in [1.165, 1.54) is 11.0 Å². The Morgan fingerprint density at radius 3 is 2.61 bits per heavy atom. The molecule has 1 aromatic rings. The number of carboxylic acid groups (broad SMARTS) is 1. The molecule has 2 unspecified atom stereocenters. The summed E-state index contributed by atoms with van der Waals surface area (Å²) in [6.07, 6.45) is 4.27. The fourth-order valence-electron chi connectivity index (χ4n) is 2.35. The van der Waals surface area contributed by atoms with Crippen LogP contribution >= 0.6 is 0 Å². The molecule has 1 aromatic heterocycles. The Hall–Kier alpha value is -1.92. The van der Waals surface area contributed by atoms with Crippen molar-refractivity contribution in [2.45, 2.75) is 25.7 Å². The van der Waals surface area contributed by atoms with Crippen LogP contribution in [-0.2, 0) is 16.6 Å². The van der Waals surface area contributed by atoms with E-state index < -0.39 is 17.8 Å². The van der Waals surface area contributed by atoms with E-state index in [4.69, 9.17) is 5.11 Å². The average molecular weight is 252 g/mol. The third-order valence-electron chi connectivity index (χ3n) is 3.37. The highest BCUT2D eigenvalue weighted by Crippen LogP contribution is 2.31. The van der Waals surface area contributed by atoms with Gasteiger partial charge in [-0.3, -0.25) is 14.9 Å². The fraction of sp³-hybridized carbons (Fsp3) is 0.636. The smallest absolute Gasteiger partial charge is 0.307 e. The molecule has 1 heterocycles. The number of rotatable bonds is 3. The van der Waals surface area contributed by atoms with Crippen molar-refractivity contribution in [2.24, 2.45) is 18.9 Å². The topological polar surface area (TPSA) is 97.1 Å². The molecule has 2 N–H and O–H groups in total. The van der Waals surface area contributed by atoms with Crippen LogP contribution in [0.15, 0.2) is 6.33 Å². The summed E-state index contributed by atoms with van der Waals surface area (Å²) >= 11 is 0. The number of amides is 1. The number of hydrogen-bond donors (Lipinski definition) is 2. The Morgan fingerprint density at radius 1 is 1.39 bits per heavy atom. The zero-order valence-corrected chi connectivity index (χ0v) is 10.2. The molecule has 0 aromatic carbocycles. The van der Waals surface area contributed by atoms with Crippen LogP contribution in [-0.4, -0.2) is 31.7 Å². The van der Waals surface area contributed by atoms with Gasteiger partial charge in [-0.25, -0.2) is 4.68 Å². The highest BCUT2D eigenvalue weighted by molar-refractivity contribution is 5.93. The number of nitrogens with one attached hydrogen (secondary N) is 1. The second kappa shape index (κ2) is 5.16. The van der Waals surface area contributed by atoms with Gasteiger partial charge >= 0.3 is 5.97 Å². The van der Waals surface area contributed by atoms with Gasteiger partial charge < -0.3 is 5.11 Å². The Morgan fingerprint density at radius 2 is 2.06 bits per heavy atom. The molecular formula is C11H16N4O3. The Balaban J connectivity index is 2.07. The van der Waals surface area contributed by atoms with E-state index in [1.807, 2.05) is 0 Å². The summed E-state index contributed by atoms with van der Waals surface area (Å²) < 4.78 is 1.44. The number of aliphatic carboxylic acids is 1. The Bertz CT molecular complexity index is 457. The van der Waals surface area contributed by atoms with Crippen LogP contribution in [0.25, 0.3) is 0 Å². The highest BCUT2D eigenvalue weighted by atomic mass is 16.4. The summed E-state index contributed by atoms with van der Waals surface area (Å²) in [5, 5.41) is 15.6. The van der Waals surface area contributed by atoms with Crippen molar-refractivity contribution in [3.8, 4) is 0 Å². The molecule has 98 valence electrons. The van der Waals surface area contributed by atoms with Gasteiger partial charge in [0, 0.05) is 7.05 Å². The first kappa shape index (κ1) is 12.5. The minimum atomic E-state index is -0.896. The summed E-state index contributed by atoms with van der Waals surface area (Å²) in [5.41, 5.74) is 0. The molecule has 0 bridgehead atoms. The van der Waals surface area contributed by atoms with Crippen LogP contribution < -0.4 is 5.32 Å². The Labute approximate surface area is 104 Å². The predicted molar refractivity (Wildman–Crippen MR) is 62.7 cm³/mol. The first-order valence-corrected chi connectivity index (χ1v) is 5.97.